The van der Waals surface area contributed by atoms with Crippen LogP contribution in [0.2, 0.25) is 5.02 Å². The SMILES string of the molecule is NC(=O)c1cc(N2CCOCC2)cc2c1nc(C1CCC1)n2-c1ccnc2c(Cl)cccc12. The van der Waals surface area contributed by atoms with Crippen molar-refractivity contribution < 1.29 is 9.53 Å². The summed E-state index contributed by atoms with van der Waals surface area (Å²) in [5.41, 5.74) is 10.5. The van der Waals surface area contributed by atoms with Crippen LogP contribution in [-0.4, -0.2) is 46.7 Å². The molecular weight excluding hydrogens is 438 g/mol. The lowest BCUT2D eigenvalue weighted by atomic mass is 9.84. The van der Waals surface area contributed by atoms with Gasteiger partial charge in [-0.25, -0.2) is 4.98 Å². The van der Waals surface area contributed by atoms with Gasteiger partial charge in [0, 0.05) is 36.3 Å². The van der Waals surface area contributed by atoms with Crippen molar-refractivity contribution in [3.05, 3.63) is 59.0 Å². The molecule has 1 aliphatic heterocycles. The lowest BCUT2D eigenvalue weighted by molar-refractivity contribution is 0.100. The lowest BCUT2D eigenvalue weighted by Gasteiger charge is -2.29. The molecule has 2 N–H and O–H groups in total. The molecule has 2 aliphatic rings. The molecule has 0 atom stereocenters. The second-order valence-electron chi connectivity index (χ2n) is 8.72. The first-order chi connectivity index (χ1) is 16.1. The maximum Gasteiger partial charge on any atom is 0.251 e. The number of aromatic nitrogens is 3. The average molecular weight is 462 g/mol. The number of fused-ring (bicyclic) bond motifs is 2. The van der Waals surface area contributed by atoms with Crippen molar-refractivity contribution in [1.29, 1.82) is 0 Å². The number of nitrogens with two attached hydrogens (primary N) is 1. The van der Waals surface area contributed by atoms with Crippen LogP contribution < -0.4 is 10.6 Å². The van der Waals surface area contributed by atoms with E-state index in [1.807, 2.05) is 30.3 Å². The van der Waals surface area contributed by atoms with Crippen molar-refractivity contribution in [3.63, 3.8) is 0 Å². The number of carbonyl (C=O) groups excluding carboxylic acids is 1. The van der Waals surface area contributed by atoms with E-state index in [-0.39, 0.29) is 0 Å². The van der Waals surface area contributed by atoms with Gasteiger partial charge in [0.05, 0.1) is 40.5 Å². The number of hydrogen-bond donors (Lipinski definition) is 1. The van der Waals surface area contributed by atoms with Gasteiger partial charge in [-0.1, -0.05) is 30.2 Å². The summed E-state index contributed by atoms with van der Waals surface area (Å²) < 4.78 is 7.72. The molecule has 2 aromatic heterocycles. The number of imidazole rings is 1. The summed E-state index contributed by atoms with van der Waals surface area (Å²) in [5, 5.41) is 1.55. The Hall–Kier alpha value is -3.16. The smallest absolute Gasteiger partial charge is 0.251 e. The molecule has 1 aliphatic carbocycles. The van der Waals surface area contributed by atoms with E-state index < -0.39 is 5.91 Å². The number of anilines is 1. The second-order valence-corrected chi connectivity index (χ2v) is 9.13. The molecule has 7 nitrogen and oxygen atoms in total. The highest BCUT2D eigenvalue weighted by Gasteiger charge is 2.29. The Balaban J connectivity index is 1.67. The van der Waals surface area contributed by atoms with Crippen molar-refractivity contribution in [1.82, 2.24) is 14.5 Å². The van der Waals surface area contributed by atoms with E-state index >= 15 is 0 Å². The Morgan fingerprint density at radius 2 is 1.94 bits per heavy atom. The quantitative estimate of drug-likeness (QED) is 0.486. The number of halogens is 1. The van der Waals surface area contributed by atoms with E-state index in [9.17, 15) is 4.79 Å². The maximum atomic E-state index is 12.5. The van der Waals surface area contributed by atoms with Gasteiger partial charge in [0.15, 0.2) is 0 Å². The molecule has 2 aromatic carbocycles. The average Bonchev–Trinajstić information content (AvgIpc) is 3.16. The van der Waals surface area contributed by atoms with Crippen molar-refractivity contribution in [2.24, 2.45) is 5.73 Å². The zero-order valence-electron chi connectivity index (χ0n) is 18.1. The number of nitrogens with zero attached hydrogens (tertiary/aromatic N) is 4. The van der Waals surface area contributed by atoms with Gasteiger partial charge in [-0.05, 0) is 37.1 Å². The summed E-state index contributed by atoms with van der Waals surface area (Å²) in [7, 11) is 0. The largest absolute Gasteiger partial charge is 0.378 e. The molecule has 0 unspecified atom stereocenters. The zero-order chi connectivity index (χ0) is 22.5. The summed E-state index contributed by atoms with van der Waals surface area (Å²) in [4.78, 5) is 24.3. The van der Waals surface area contributed by atoms with Gasteiger partial charge in [0.1, 0.15) is 11.3 Å². The van der Waals surface area contributed by atoms with E-state index in [2.05, 4.69) is 20.5 Å². The Bertz CT molecular complexity index is 1390. The molecule has 168 valence electrons. The predicted octanol–water partition coefficient (Wildman–Crippen LogP) is 4.43. The minimum Gasteiger partial charge on any atom is -0.378 e. The second kappa shape index (κ2) is 8.01. The molecule has 1 saturated carbocycles. The van der Waals surface area contributed by atoms with Crippen LogP contribution in [0.25, 0.3) is 27.6 Å². The highest BCUT2D eigenvalue weighted by Crippen LogP contribution is 2.41. The molecule has 1 saturated heterocycles. The maximum absolute atomic E-state index is 12.5. The standard InChI is InChI=1S/C25H24ClN5O2/c26-19-6-2-5-17-20(7-8-28-22(17)19)31-21-14-16(30-9-11-33-12-10-30)13-18(24(27)32)23(21)29-25(31)15-3-1-4-15/h2,5-8,13-15H,1,3-4,9-12H2,(H2,27,32). The van der Waals surface area contributed by atoms with Gasteiger partial charge in [0.2, 0.25) is 0 Å². The van der Waals surface area contributed by atoms with E-state index in [1.54, 1.807) is 6.20 Å². The molecule has 2 fully saturated rings. The number of ether oxygens (including phenoxy) is 1. The van der Waals surface area contributed by atoms with Crippen molar-refractivity contribution in [2.75, 3.05) is 31.2 Å². The number of amides is 1. The normalized spacial score (nSPS) is 16.9. The van der Waals surface area contributed by atoms with Gasteiger partial charge in [-0.2, -0.15) is 0 Å². The third kappa shape index (κ3) is 3.34. The Labute approximate surface area is 196 Å². The number of hydrogen-bond acceptors (Lipinski definition) is 5. The third-order valence-corrected chi connectivity index (χ3v) is 7.13. The number of rotatable bonds is 4. The van der Waals surface area contributed by atoms with Crippen LogP contribution in [0.15, 0.2) is 42.6 Å². The van der Waals surface area contributed by atoms with E-state index in [0.717, 1.165) is 59.5 Å². The Morgan fingerprint density at radius 3 is 2.67 bits per heavy atom. The Morgan fingerprint density at radius 1 is 1.12 bits per heavy atom. The summed E-state index contributed by atoms with van der Waals surface area (Å²) >= 11 is 6.48. The van der Waals surface area contributed by atoms with Crippen LogP contribution in [-0.2, 0) is 4.74 Å². The summed E-state index contributed by atoms with van der Waals surface area (Å²) in [5.74, 6) is 0.834. The van der Waals surface area contributed by atoms with Crippen LogP contribution in [0.3, 0.4) is 0 Å². The van der Waals surface area contributed by atoms with Gasteiger partial charge < -0.3 is 15.4 Å². The van der Waals surface area contributed by atoms with Crippen LogP contribution in [0.5, 0.6) is 0 Å². The minimum absolute atomic E-state index is 0.340. The third-order valence-electron chi connectivity index (χ3n) is 6.82. The van der Waals surface area contributed by atoms with Gasteiger partial charge in [-0.15, -0.1) is 0 Å². The monoisotopic (exact) mass is 461 g/mol. The van der Waals surface area contributed by atoms with E-state index in [4.69, 9.17) is 27.1 Å². The van der Waals surface area contributed by atoms with E-state index in [0.29, 0.717) is 35.2 Å². The fraction of sp³-hybridized carbons (Fsp3) is 0.320. The topological polar surface area (TPSA) is 86.3 Å². The van der Waals surface area contributed by atoms with Gasteiger partial charge in [-0.3, -0.25) is 14.3 Å². The highest BCUT2D eigenvalue weighted by atomic mass is 35.5. The number of primary amides is 1. The first-order valence-corrected chi connectivity index (χ1v) is 11.7. The highest BCUT2D eigenvalue weighted by molar-refractivity contribution is 6.35. The van der Waals surface area contributed by atoms with Crippen LogP contribution in [0, 0.1) is 0 Å². The zero-order valence-corrected chi connectivity index (χ0v) is 18.9. The molecule has 33 heavy (non-hydrogen) atoms. The fourth-order valence-electron chi connectivity index (χ4n) is 4.89. The first kappa shape index (κ1) is 20.4. The molecule has 6 rings (SSSR count). The molecule has 0 spiro atoms. The molecular formula is C25H24ClN5O2. The van der Waals surface area contributed by atoms with Crippen molar-refractivity contribution in [2.45, 2.75) is 25.2 Å². The number of pyridine rings is 1. The molecule has 4 aromatic rings. The first-order valence-electron chi connectivity index (χ1n) is 11.3. The summed E-state index contributed by atoms with van der Waals surface area (Å²) in [6.45, 7) is 2.84. The van der Waals surface area contributed by atoms with Crippen molar-refractivity contribution >= 4 is 45.1 Å². The van der Waals surface area contributed by atoms with Crippen LogP contribution >= 0.6 is 11.6 Å². The van der Waals surface area contributed by atoms with Crippen LogP contribution in [0.4, 0.5) is 5.69 Å². The summed E-state index contributed by atoms with van der Waals surface area (Å²) in [6.07, 6.45) is 5.11. The number of morpholine rings is 1. The molecule has 1 amide bonds. The number of para-hydroxylation sites is 1. The van der Waals surface area contributed by atoms with Gasteiger partial charge in [0.25, 0.3) is 5.91 Å². The van der Waals surface area contributed by atoms with E-state index in [1.165, 1.54) is 6.42 Å². The molecule has 0 bridgehead atoms. The molecule has 8 heteroatoms. The van der Waals surface area contributed by atoms with Gasteiger partial charge >= 0.3 is 0 Å². The lowest BCUT2D eigenvalue weighted by Crippen LogP contribution is -2.36. The van der Waals surface area contributed by atoms with Crippen LogP contribution in [0.1, 0.15) is 41.4 Å². The minimum atomic E-state index is -0.470. The van der Waals surface area contributed by atoms with Crippen molar-refractivity contribution in [3.8, 4) is 5.69 Å². The molecule has 3 heterocycles. The fourth-order valence-corrected chi connectivity index (χ4v) is 5.11. The molecule has 0 radical (unpaired) electrons. The number of carbonyl (C=O) groups is 1. The predicted molar refractivity (Wildman–Crippen MR) is 130 cm³/mol. The Kier molecular flexibility index (Phi) is 4.96. The summed E-state index contributed by atoms with van der Waals surface area (Å²) in [6, 6.07) is 11.8. The number of benzene rings is 2.